The molecule has 0 N–H and O–H groups in total. The molecule has 0 spiro atoms. The molecule has 4 heterocycles. The fourth-order valence-electron chi connectivity index (χ4n) is 4.27. The van der Waals surface area contributed by atoms with Crippen LogP contribution >= 0.6 is 0 Å². The minimum absolute atomic E-state index is 0.0960. The second-order valence-corrected chi connectivity index (χ2v) is 7.77. The molecule has 0 unspecified atom stereocenters. The van der Waals surface area contributed by atoms with Gasteiger partial charge in [-0.15, -0.1) is 0 Å². The summed E-state index contributed by atoms with van der Waals surface area (Å²) in [6.45, 7) is 9.89. The molecule has 1 atom stereocenters. The van der Waals surface area contributed by atoms with Gasteiger partial charge in [0, 0.05) is 64.1 Å². The standard InChI is InChI=1S/C20H30N6O/c1-3-19-21-7-12-25(19)14-16(2)24-10-6-11-26-17(15-24)13-18(22-26)20(27)23-8-4-5-9-23/h7,12-13,16H,3-6,8-11,14-15H2,1-2H3/t16-/m1/s1. The molecule has 7 heteroatoms. The number of fused-ring (bicyclic) bond motifs is 1. The van der Waals surface area contributed by atoms with Crippen molar-refractivity contribution >= 4 is 5.91 Å². The first-order chi connectivity index (χ1) is 13.2. The Morgan fingerprint density at radius 1 is 1.19 bits per heavy atom. The number of imidazole rings is 1. The third-order valence-corrected chi connectivity index (χ3v) is 5.86. The lowest BCUT2D eigenvalue weighted by atomic mass is 10.2. The second kappa shape index (κ2) is 7.84. The first-order valence-electron chi connectivity index (χ1n) is 10.3. The Morgan fingerprint density at radius 2 is 2.00 bits per heavy atom. The van der Waals surface area contributed by atoms with E-state index in [-0.39, 0.29) is 5.91 Å². The maximum atomic E-state index is 12.7. The van der Waals surface area contributed by atoms with Crippen LogP contribution in [0.4, 0.5) is 0 Å². The number of aryl methyl sites for hydroxylation is 2. The summed E-state index contributed by atoms with van der Waals surface area (Å²) in [5.74, 6) is 1.24. The molecule has 2 aliphatic rings. The topological polar surface area (TPSA) is 59.2 Å². The number of carbonyl (C=O) groups excluding carboxylic acids is 1. The fraction of sp³-hybridized carbons (Fsp3) is 0.650. The van der Waals surface area contributed by atoms with Crippen molar-refractivity contribution in [2.24, 2.45) is 0 Å². The van der Waals surface area contributed by atoms with E-state index < -0.39 is 0 Å². The molecule has 1 fully saturated rings. The van der Waals surface area contributed by atoms with Gasteiger partial charge in [-0.2, -0.15) is 5.10 Å². The van der Waals surface area contributed by atoms with Crippen molar-refractivity contribution in [3.63, 3.8) is 0 Å². The van der Waals surface area contributed by atoms with Gasteiger partial charge in [0.05, 0.1) is 5.69 Å². The number of hydrogen-bond acceptors (Lipinski definition) is 4. The van der Waals surface area contributed by atoms with Crippen molar-refractivity contribution in [2.45, 2.75) is 65.2 Å². The lowest BCUT2D eigenvalue weighted by Crippen LogP contribution is -2.36. The van der Waals surface area contributed by atoms with Crippen molar-refractivity contribution in [3.05, 3.63) is 35.7 Å². The van der Waals surface area contributed by atoms with Crippen LogP contribution in [0.1, 0.15) is 55.1 Å². The van der Waals surface area contributed by atoms with Gasteiger partial charge in [0.2, 0.25) is 0 Å². The quantitative estimate of drug-likeness (QED) is 0.809. The predicted molar refractivity (Wildman–Crippen MR) is 103 cm³/mol. The van der Waals surface area contributed by atoms with Crippen LogP contribution in [0.3, 0.4) is 0 Å². The highest BCUT2D eigenvalue weighted by atomic mass is 16.2. The number of amides is 1. The van der Waals surface area contributed by atoms with E-state index >= 15 is 0 Å². The van der Waals surface area contributed by atoms with Crippen LogP contribution in [-0.2, 0) is 26.1 Å². The lowest BCUT2D eigenvalue weighted by molar-refractivity contribution is 0.0786. The minimum Gasteiger partial charge on any atom is -0.337 e. The van der Waals surface area contributed by atoms with Crippen LogP contribution in [0.25, 0.3) is 0 Å². The molecular formula is C20H30N6O. The zero-order valence-electron chi connectivity index (χ0n) is 16.5. The molecule has 0 saturated carbocycles. The van der Waals surface area contributed by atoms with Crippen molar-refractivity contribution in [2.75, 3.05) is 19.6 Å². The lowest BCUT2D eigenvalue weighted by Gasteiger charge is -2.28. The van der Waals surface area contributed by atoms with Gasteiger partial charge in [-0.25, -0.2) is 4.98 Å². The molecular weight excluding hydrogens is 340 g/mol. The van der Waals surface area contributed by atoms with Gasteiger partial charge in [0.25, 0.3) is 5.91 Å². The smallest absolute Gasteiger partial charge is 0.274 e. The molecule has 146 valence electrons. The SMILES string of the molecule is CCc1nccn1C[C@@H](C)N1CCCn2nc(C(=O)N3CCCC3)cc2C1. The Bertz CT molecular complexity index is 788. The van der Waals surface area contributed by atoms with E-state index in [4.69, 9.17) is 0 Å². The highest BCUT2D eigenvalue weighted by Crippen LogP contribution is 2.19. The Hall–Kier alpha value is -2.15. The minimum atomic E-state index is 0.0960. The molecule has 0 aromatic carbocycles. The van der Waals surface area contributed by atoms with Crippen molar-refractivity contribution in [1.29, 1.82) is 0 Å². The zero-order chi connectivity index (χ0) is 18.8. The number of aromatic nitrogens is 4. The van der Waals surface area contributed by atoms with Crippen LogP contribution in [0.15, 0.2) is 18.5 Å². The molecule has 2 aromatic rings. The van der Waals surface area contributed by atoms with Gasteiger partial charge in [0.1, 0.15) is 5.82 Å². The highest BCUT2D eigenvalue weighted by Gasteiger charge is 2.26. The van der Waals surface area contributed by atoms with E-state index in [1.807, 2.05) is 21.8 Å². The first-order valence-corrected chi connectivity index (χ1v) is 10.3. The summed E-state index contributed by atoms with van der Waals surface area (Å²) in [5.41, 5.74) is 1.77. The summed E-state index contributed by atoms with van der Waals surface area (Å²) >= 11 is 0. The maximum Gasteiger partial charge on any atom is 0.274 e. The van der Waals surface area contributed by atoms with E-state index in [1.54, 1.807) is 0 Å². The summed E-state index contributed by atoms with van der Waals surface area (Å²) in [5, 5.41) is 4.64. The Morgan fingerprint density at radius 3 is 2.78 bits per heavy atom. The van der Waals surface area contributed by atoms with E-state index in [1.165, 1.54) is 0 Å². The molecule has 4 rings (SSSR count). The molecule has 2 aromatic heterocycles. The van der Waals surface area contributed by atoms with Crippen molar-refractivity contribution in [1.82, 2.24) is 29.1 Å². The van der Waals surface area contributed by atoms with E-state index in [2.05, 4.69) is 39.6 Å². The molecule has 2 aliphatic heterocycles. The monoisotopic (exact) mass is 370 g/mol. The van der Waals surface area contributed by atoms with Crippen LogP contribution < -0.4 is 0 Å². The van der Waals surface area contributed by atoms with Crippen molar-refractivity contribution < 1.29 is 4.79 Å². The third kappa shape index (κ3) is 3.78. The summed E-state index contributed by atoms with van der Waals surface area (Å²) in [6.07, 6.45) is 8.19. The molecule has 0 aliphatic carbocycles. The van der Waals surface area contributed by atoms with Gasteiger partial charge >= 0.3 is 0 Å². The average molecular weight is 371 g/mol. The molecule has 27 heavy (non-hydrogen) atoms. The van der Waals surface area contributed by atoms with Crippen LogP contribution in [0.2, 0.25) is 0 Å². The Balaban J connectivity index is 1.46. The number of likely N-dealkylation sites (tertiary alicyclic amines) is 1. The normalized spacial score (nSPS) is 19.1. The Kier molecular flexibility index (Phi) is 5.29. The summed E-state index contributed by atoms with van der Waals surface area (Å²) < 4.78 is 4.31. The zero-order valence-corrected chi connectivity index (χ0v) is 16.5. The second-order valence-electron chi connectivity index (χ2n) is 7.77. The van der Waals surface area contributed by atoms with E-state index in [9.17, 15) is 4.79 Å². The molecule has 0 radical (unpaired) electrons. The molecule has 7 nitrogen and oxygen atoms in total. The number of rotatable bonds is 5. The van der Waals surface area contributed by atoms with Crippen LogP contribution in [-0.4, -0.2) is 60.7 Å². The largest absolute Gasteiger partial charge is 0.337 e. The number of nitrogens with zero attached hydrogens (tertiary/aromatic N) is 6. The van der Waals surface area contributed by atoms with Crippen LogP contribution in [0.5, 0.6) is 0 Å². The van der Waals surface area contributed by atoms with Gasteiger partial charge in [0.15, 0.2) is 5.69 Å². The molecule has 0 bridgehead atoms. The molecule has 1 amide bonds. The average Bonchev–Trinajstić information content (AvgIpc) is 3.40. The van der Waals surface area contributed by atoms with Gasteiger partial charge < -0.3 is 9.47 Å². The molecule has 1 saturated heterocycles. The number of hydrogen-bond donors (Lipinski definition) is 0. The van der Waals surface area contributed by atoms with Crippen molar-refractivity contribution in [3.8, 4) is 0 Å². The first kappa shape index (κ1) is 18.2. The predicted octanol–water partition coefficient (Wildman–Crippen LogP) is 2.17. The van der Waals surface area contributed by atoms with Gasteiger partial charge in [-0.05, 0) is 32.3 Å². The van der Waals surface area contributed by atoms with E-state index in [0.29, 0.717) is 11.7 Å². The highest BCUT2D eigenvalue weighted by molar-refractivity contribution is 5.92. The third-order valence-electron chi connectivity index (χ3n) is 5.86. The fourth-order valence-corrected chi connectivity index (χ4v) is 4.27. The summed E-state index contributed by atoms with van der Waals surface area (Å²) in [6, 6.07) is 2.42. The maximum absolute atomic E-state index is 12.7. The summed E-state index contributed by atoms with van der Waals surface area (Å²) in [7, 11) is 0. The van der Waals surface area contributed by atoms with Gasteiger partial charge in [-0.1, -0.05) is 6.92 Å². The van der Waals surface area contributed by atoms with Gasteiger partial charge in [-0.3, -0.25) is 14.4 Å². The van der Waals surface area contributed by atoms with Crippen LogP contribution in [0, 0.1) is 0 Å². The summed E-state index contributed by atoms with van der Waals surface area (Å²) in [4.78, 5) is 21.6. The number of carbonyl (C=O) groups is 1. The van der Waals surface area contributed by atoms with E-state index in [0.717, 1.165) is 76.5 Å². The Labute approximate surface area is 161 Å².